The molecule has 2 rings (SSSR count). The molecule has 26 heavy (non-hydrogen) atoms. The Morgan fingerprint density at radius 3 is 2.50 bits per heavy atom. The summed E-state index contributed by atoms with van der Waals surface area (Å²) in [5.41, 5.74) is 1.05. The Labute approximate surface area is 157 Å². The first-order valence-corrected chi connectivity index (χ1v) is 10.1. The summed E-state index contributed by atoms with van der Waals surface area (Å²) in [5, 5.41) is 13.2. The Bertz CT molecular complexity index is 852. The molecule has 0 heterocycles. The first kappa shape index (κ1) is 20.2. The second-order valence-corrected chi connectivity index (χ2v) is 8.37. The molecule has 0 radical (unpaired) electrons. The molecule has 1 amide bonds. The summed E-state index contributed by atoms with van der Waals surface area (Å²) in [6.07, 6.45) is -1.20. The van der Waals surface area contributed by atoms with Gasteiger partial charge in [0.2, 0.25) is 5.91 Å². The van der Waals surface area contributed by atoms with Crippen molar-refractivity contribution in [2.75, 3.05) is 17.7 Å². The fraction of sp³-hybridized carbons (Fsp3) is 0.278. The van der Waals surface area contributed by atoms with Gasteiger partial charge in [-0.2, -0.15) is 0 Å². The van der Waals surface area contributed by atoms with Crippen molar-refractivity contribution >= 4 is 33.0 Å². The van der Waals surface area contributed by atoms with Crippen molar-refractivity contribution in [3.63, 3.8) is 0 Å². The smallest absolute Gasteiger partial charge is 0.221 e. The minimum atomic E-state index is -3.52. The second-order valence-electron chi connectivity index (χ2n) is 5.82. The second kappa shape index (κ2) is 9.02. The molecule has 0 aliphatic heterocycles. The zero-order chi connectivity index (χ0) is 19.2. The summed E-state index contributed by atoms with van der Waals surface area (Å²) < 4.78 is 29.9. The van der Waals surface area contributed by atoms with Crippen LogP contribution in [-0.4, -0.2) is 37.9 Å². The van der Waals surface area contributed by atoms with Gasteiger partial charge in [-0.25, -0.2) is 8.42 Å². The lowest BCUT2D eigenvalue weighted by atomic mass is 10.2. The molecular weight excluding hydrogens is 378 g/mol. The van der Waals surface area contributed by atoms with E-state index in [0.717, 1.165) is 0 Å². The lowest BCUT2D eigenvalue weighted by Crippen LogP contribution is -2.28. The molecule has 1 unspecified atom stereocenters. The van der Waals surface area contributed by atoms with Gasteiger partial charge in [-0.15, -0.1) is 0 Å². The highest BCUT2D eigenvalue weighted by Crippen LogP contribution is 2.24. The summed E-state index contributed by atoms with van der Waals surface area (Å²) in [4.78, 5) is 11.2. The minimum Gasteiger partial charge on any atom is -0.489 e. The van der Waals surface area contributed by atoms with Gasteiger partial charge in [-0.1, -0.05) is 35.9 Å². The molecular formula is C18H20ClNO5S. The lowest BCUT2D eigenvalue weighted by molar-refractivity contribution is -0.114. The molecule has 0 saturated carbocycles. The predicted octanol–water partition coefficient (Wildman–Crippen LogP) is 2.65. The van der Waals surface area contributed by atoms with Crippen molar-refractivity contribution in [3.05, 3.63) is 59.1 Å². The maximum Gasteiger partial charge on any atom is 0.221 e. The monoisotopic (exact) mass is 397 g/mol. The van der Waals surface area contributed by atoms with E-state index in [1.165, 1.54) is 6.92 Å². The van der Waals surface area contributed by atoms with Crippen LogP contribution in [-0.2, 0) is 20.4 Å². The summed E-state index contributed by atoms with van der Waals surface area (Å²) in [6, 6.07) is 13.2. The van der Waals surface area contributed by atoms with Gasteiger partial charge in [0.25, 0.3) is 0 Å². The number of amides is 1. The number of aliphatic hydroxyl groups excluding tert-OH is 1. The summed E-state index contributed by atoms with van der Waals surface area (Å²) in [5.74, 6) is -0.522. The number of aliphatic hydroxyl groups is 1. The molecule has 0 bridgehead atoms. The highest BCUT2D eigenvalue weighted by atomic mass is 35.5. The van der Waals surface area contributed by atoms with E-state index in [1.807, 2.05) is 0 Å². The van der Waals surface area contributed by atoms with Crippen molar-refractivity contribution in [1.29, 1.82) is 0 Å². The van der Waals surface area contributed by atoms with Gasteiger partial charge in [-0.3, -0.25) is 4.79 Å². The van der Waals surface area contributed by atoms with Crippen LogP contribution in [0.25, 0.3) is 0 Å². The van der Waals surface area contributed by atoms with Gasteiger partial charge >= 0.3 is 0 Å². The van der Waals surface area contributed by atoms with Crippen LogP contribution in [0.15, 0.2) is 48.5 Å². The standard InChI is InChI=1S/C18H20ClNO5S/c1-13(21)20-17-4-2-3-5-18(17)25-10-16(22)12-26(23,24)11-14-6-8-15(19)9-7-14/h2-9,16,22H,10-12H2,1H3,(H,20,21). The van der Waals surface area contributed by atoms with Gasteiger partial charge in [0.15, 0.2) is 9.84 Å². The highest BCUT2D eigenvalue weighted by molar-refractivity contribution is 7.90. The largest absolute Gasteiger partial charge is 0.489 e. The van der Waals surface area contributed by atoms with Crippen LogP contribution in [0.5, 0.6) is 5.75 Å². The van der Waals surface area contributed by atoms with Crippen LogP contribution in [0.4, 0.5) is 5.69 Å². The molecule has 0 aliphatic carbocycles. The van der Waals surface area contributed by atoms with Crippen LogP contribution < -0.4 is 10.1 Å². The number of para-hydroxylation sites is 2. The molecule has 0 fully saturated rings. The van der Waals surface area contributed by atoms with E-state index in [9.17, 15) is 18.3 Å². The number of carbonyl (C=O) groups excluding carboxylic acids is 1. The number of hydrogen-bond acceptors (Lipinski definition) is 5. The molecule has 140 valence electrons. The van der Waals surface area contributed by atoms with E-state index < -0.39 is 21.7 Å². The Morgan fingerprint density at radius 1 is 1.19 bits per heavy atom. The Balaban J connectivity index is 1.93. The third-order valence-electron chi connectivity index (χ3n) is 3.38. The summed E-state index contributed by atoms with van der Waals surface area (Å²) in [7, 11) is -3.52. The normalized spacial score (nSPS) is 12.4. The molecule has 0 aliphatic rings. The first-order chi connectivity index (χ1) is 12.2. The minimum absolute atomic E-state index is 0.191. The van der Waals surface area contributed by atoms with Crippen LogP contribution in [0.1, 0.15) is 12.5 Å². The maximum absolute atomic E-state index is 12.2. The molecule has 0 aromatic heterocycles. The fourth-order valence-electron chi connectivity index (χ4n) is 2.31. The average Bonchev–Trinajstić information content (AvgIpc) is 2.55. The molecule has 1 atom stereocenters. The molecule has 0 spiro atoms. The van der Waals surface area contributed by atoms with Gasteiger partial charge in [0, 0.05) is 11.9 Å². The predicted molar refractivity (Wildman–Crippen MR) is 101 cm³/mol. The van der Waals surface area contributed by atoms with E-state index in [4.69, 9.17) is 16.3 Å². The van der Waals surface area contributed by atoms with Gasteiger partial charge in [-0.05, 0) is 29.8 Å². The van der Waals surface area contributed by atoms with Crippen molar-refractivity contribution in [1.82, 2.24) is 0 Å². The lowest BCUT2D eigenvalue weighted by Gasteiger charge is -2.15. The first-order valence-electron chi connectivity index (χ1n) is 7.87. The topological polar surface area (TPSA) is 92.7 Å². The molecule has 8 heteroatoms. The molecule has 2 aromatic rings. The molecule has 0 saturated heterocycles. The van der Waals surface area contributed by atoms with Gasteiger partial charge in [0.05, 0.1) is 17.2 Å². The number of ether oxygens (including phenoxy) is 1. The van der Waals surface area contributed by atoms with Crippen molar-refractivity contribution < 1.29 is 23.1 Å². The average molecular weight is 398 g/mol. The van der Waals surface area contributed by atoms with Crippen LogP contribution in [0.2, 0.25) is 5.02 Å². The van der Waals surface area contributed by atoms with E-state index >= 15 is 0 Å². The number of benzene rings is 2. The zero-order valence-corrected chi connectivity index (χ0v) is 15.8. The van der Waals surface area contributed by atoms with Crippen LogP contribution >= 0.6 is 11.6 Å². The number of hydrogen-bond donors (Lipinski definition) is 2. The fourth-order valence-corrected chi connectivity index (χ4v) is 3.93. The number of sulfone groups is 1. The Morgan fingerprint density at radius 2 is 1.85 bits per heavy atom. The maximum atomic E-state index is 12.2. The SMILES string of the molecule is CC(=O)Nc1ccccc1OCC(O)CS(=O)(=O)Cc1ccc(Cl)cc1. The number of halogens is 1. The quantitative estimate of drug-likeness (QED) is 0.714. The Kier molecular flexibility index (Phi) is 7.02. The van der Waals surface area contributed by atoms with E-state index in [1.54, 1.807) is 48.5 Å². The summed E-state index contributed by atoms with van der Waals surface area (Å²) in [6.45, 7) is 1.16. The third kappa shape index (κ3) is 6.67. The third-order valence-corrected chi connectivity index (χ3v) is 5.29. The zero-order valence-electron chi connectivity index (χ0n) is 14.2. The summed E-state index contributed by atoms with van der Waals surface area (Å²) >= 11 is 5.78. The number of carbonyl (C=O) groups is 1. The van der Waals surface area contributed by atoms with Crippen LogP contribution in [0, 0.1) is 0 Å². The van der Waals surface area contributed by atoms with Gasteiger partial charge in [0.1, 0.15) is 18.5 Å². The highest BCUT2D eigenvalue weighted by Gasteiger charge is 2.19. The van der Waals surface area contributed by atoms with Gasteiger partial charge < -0.3 is 15.2 Å². The van der Waals surface area contributed by atoms with Crippen LogP contribution in [0.3, 0.4) is 0 Å². The Hall–Kier alpha value is -2.09. The molecule has 6 nitrogen and oxygen atoms in total. The van der Waals surface area contributed by atoms with Crippen molar-refractivity contribution in [3.8, 4) is 5.75 Å². The van der Waals surface area contributed by atoms with Crippen molar-refractivity contribution in [2.24, 2.45) is 0 Å². The molecule has 2 aromatic carbocycles. The van der Waals surface area contributed by atoms with E-state index in [2.05, 4.69) is 5.32 Å². The van der Waals surface area contributed by atoms with E-state index in [0.29, 0.717) is 22.0 Å². The molecule has 2 N–H and O–H groups in total. The number of nitrogens with one attached hydrogen (secondary N) is 1. The number of rotatable bonds is 8. The number of anilines is 1. The van der Waals surface area contributed by atoms with Crippen molar-refractivity contribution in [2.45, 2.75) is 18.8 Å². The van der Waals surface area contributed by atoms with E-state index in [-0.39, 0.29) is 18.3 Å².